The summed E-state index contributed by atoms with van der Waals surface area (Å²) in [7, 11) is 0. The van der Waals surface area contributed by atoms with E-state index in [0.29, 0.717) is 6.29 Å². The molecule has 0 bridgehead atoms. The minimum Gasteiger partial charge on any atom is -0.303 e. The second kappa shape index (κ2) is 4.47. The molecule has 0 saturated heterocycles. The van der Waals surface area contributed by atoms with E-state index in [1.807, 2.05) is 0 Å². The summed E-state index contributed by atoms with van der Waals surface area (Å²) in [5, 5.41) is 8.62. The molecule has 0 aliphatic rings. The van der Waals surface area contributed by atoms with Crippen molar-refractivity contribution in [2.75, 3.05) is 0 Å². The van der Waals surface area contributed by atoms with Crippen LogP contribution in [0.3, 0.4) is 0 Å². The molecule has 0 spiro atoms. The first-order valence-corrected chi connectivity index (χ1v) is 3.98. The van der Waals surface area contributed by atoms with Crippen molar-refractivity contribution in [2.24, 2.45) is 0 Å². The Morgan fingerprint density at radius 3 is 2.43 bits per heavy atom. The monoisotopic (exact) mass is 195 g/mol. The molecule has 0 heterocycles. The van der Waals surface area contributed by atoms with Crippen molar-refractivity contribution in [1.29, 1.82) is 5.26 Å². The number of halogens is 2. The van der Waals surface area contributed by atoms with Crippen molar-refractivity contribution in [2.45, 2.75) is 12.3 Å². The van der Waals surface area contributed by atoms with Crippen molar-refractivity contribution in [3.8, 4) is 6.07 Å². The lowest BCUT2D eigenvalue weighted by atomic mass is 9.97. The number of hydrogen-bond donors (Lipinski definition) is 0. The number of benzene rings is 1. The lowest BCUT2D eigenvalue weighted by Gasteiger charge is -2.07. The standard InChI is InChI=1S/C10H7F2NO/c11-8-2-1-3-9(12)10(8)7(6-13)4-5-14/h1-3,5,7H,4H2. The van der Waals surface area contributed by atoms with Crippen LogP contribution >= 0.6 is 0 Å². The maximum absolute atomic E-state index is 13.1. The molecule has 4 heteroatoms. The average molecular weight is 195 g/mol. The summed E-state index contributed by atoms with van der Waals surface area (Å²) < 4.78 is 26.2. The summed E-state index contributed by atoms with van der Waals surface area (Å²) in [5.74, 6) is -2.63. The number of carbonyl (C=O) groups excluding carboxylic acids is 1. The van der Waals surface area contributed by atoms with Crippen molar-refractivity contribution in [3.05, 3.63) is 35.4 Å². The van der Waals surface area contributed by atoms with E-state index in [-0.39, 0.29) is 12.0 Å². The Hall–Kier alpha value is -1.76. The van der Waals surface area contributed by atoms with Gasteiger partial charge in [0.15, 0.2) is 0 Å². The van der Waals surface area contributed by atoms with Gasteiger partial charge in [0, 0.05) is 12.0 Å². The molecule has 0 fully saturated rings. The molecule has 0 saturated carbocycles. The first-order chi connectivity index (χ1) is 6.70. The van der Waals surface area contributed by atoms with E-state index in [0.717, 1.165) is 12.1 Å². The highest BCUT2D eigenvalue weighted by Crippen LogP contribution is 2.23. The van der Waals surface area contributed by atoms with E-state index in [1.54, 1.807) is 6.07 Å². The van der Waals surface area contributed by atoms with E-state index in [4.69, 9.17) is 5.26 Å². The Balaban J connectivity index is 3.16. The molecular weight excluding hydrogens is 188 g/mol. The molecule has 0 aliphatic heterocycles. The van der Waals surface area contributed by atoms with E-state index in [2.05, 4.69) is 0 Å². The molecular formula is C10H7F2NO. The zero-order chi connectivity index (χ0) is 10.6. The molecule has 14 heavy (non-hydrogen) atoms. The molecule has 1 rings (SSSR count). The van der Waals surface area contributed by atoms with Crippen LogP contribution in [0.1, 0.15) is 17.9 Å². The van der Waals surface area contributed by atoms with Crippen LogP contribution in [0.5, 0.6) is 0 Å². The van der Waals surface area contributed by atoms with Crippen LogP contribution in [-0.4, -0.2) is 6.29 Å². The topological polar surface area (TPSA) is 40.9 Å². The molecule has 0 N–H and O–H groups in total. The molecule has 0 aliphatic carbocycles. The summed E-state index contributed by atoms with van der Waals surface area (Å²) in [6.07, 6.45) is 0.272. The molecule has 0 aromatic heterocycles. The first kappa shape index (κ1) is 10.3. The van der Waals surface area contributed by atoms with Crippen LogP contribution in [-0.2, 0) is 4.79 Å². The van der Waals surface area contributed by atoms with E-state index >= 15 is 0 Å². The minimum atomic E-state index is -1.05. The number of nitriles is 1. The maximum atomic E-state index is 13.1. The second-order valence-corrected chi connectivity index (χ2v) is 2.72. The number of nitrogens with zero attached hydrogens (tertiary/aromatic N) is 1. The maximum Gasteiger partial charge on any atom is 0.130 e. The van der Waals surface area contributed by atoms with Gasteiger partial charge in [-0.2, -0.15) is 5.26 Å². The fourth-order valence-electron chi connectivity index (χ4n) is 1.17. The summed E-state index contributed by atoms with van der Waals surface area (Å²) in [6, 6.07) is 5.03. The fourth-order valence-corrected chi connectivity index (χ4v) is 1.17. The smallest absolute Gasteiger partial charge is 0.130 e. The van der Waals surface area contributed by atoms with Gasteiger partial charge in [0.05, 0.1) is 12.0 Å². The largest absolute Gasteiger partial charge is 0.303 e. The second-order valence-electron chi connectivity index (χ2n) is 2.72. The highest BCUT2D eigenvalue weighted by atomic mass is 19.1. The normalized spacial score (nSPS) is 11.8. The molecule has 0 radical (unpaired) electrons. The predicted molar refractivity (Wildman–Crippen MR) is 45.4 cm³/mol. The molecule has 1 aromatic rings. The van der Waals surface area contributed by atoms with Crippen LogP contribution in [0.2, 0.25) is 0 Å². The zero-order valence-corrected chi connectivity index (χ0v) is 7.21. The zero-order valence-electron chi connectivity index (χ0n) is 7.21. The summed E-state index contributed by atoms with van der Waals surface area (Å²) >= 11 is 0. The van der Waals surface area contributed by atoms with Gasteiger partial charge in [-0.15, -0.1) is 0 Å². The fraction of sp³-hybridized carbons (Fsp3) is 0.200. The van der Waals surface area contributed by atoms with Crippen molar-refractivity contribution in [3.63, 3.8) is 0 Å². The van der Waals surface area contributed by atoms with Gasteiger partial charge in [-0.3, -0.25) is 0 Å². The first-order valence-electron chi connectivity index (χ1n) is 3.98. The van der Waals surface area contributed by atoms with Crippen LogP contribution in [0.4, 0.5) is 8.78 Å². The van der Waals surface area contributed by atoms with Gasteiger partial charge in [-0.05, 0) is 12.1 Å². The average Bonchev–Trinajstić information content (AvgIpc) is 2.16. The van der Waals surface area contributed by atoms with Crippen LogP contribution in [0.25, 0.3) is 0 Å². The lowest BCUT2D eigenvalue weighted by molar-refractivity contribution is -0.108. The van der Waals surface area contributed by atoms with Gasteiger partial charge in [-0.1, -0.05) is 6.07 Å². The summed E-state index contributed by atoms with van der Waals surface area (Å²) in [4.78, 5) is 10.2. The number of carbonyl (C=O) groups is 1. The summed E-state index contributed by atoms with van der Waals surface area (Å²) in [5.41, 5.74) is -0.331. The minimum absolute atomic E-state index is 0.200. The molecule has 2 nitrogen and oxygen atoms in total. The third kappa shape index (κ3) is 1.94. The molecule has 72 valence electrons. The third-order valence-corrected chi connectivity index (χ3v) is 1.84. The van der Waals surface area contributed by atoms with E-state index < -0.39 is 17.6 Å². The van der Waals surface area contributed by atoms with Crippen molar-refractivity contribution >= 4 is 6.29 Å². The lowest BCUT2D eigenvalue weighted by Crippen LogP contribution is -2.03. The molecule has 0 amide bonds. The van der Waals surface area contributed by atoms with Crippen molar-refractivity contribution in [1.82, 2.24) is 0 Å². The Morgan fingerprint density at radius 2 is 2.00 bits per heavy atom. The Morgan fingerprint density at radius 1 is 1.43 bits per heavy atom. The Kier molecular flexibility index (Phi) is 3.29. The Bertz CT molecular complexity index is 364. The van der Waals surface area contributed by atoms with E-state index in [1.165, 1.54) is 6.07 Å². The van der Waals surface area contributed by atoms with Gasteiger partial charge in [0.2, 0.25) is 0 Å². The van der Waals surface area contributed by atoms with E-state index in [9.17, 15) is 13.6 Å². The SMILES string of the molecule is N#CC(CC=O)c1c(F)cccc1F. The van der Waals surface area contributed by atoms with Crippen LogP contribution < -0.4 is 0 Å². The Labute approximate surface area is 79.8 Å². The highest BCUT2D eigenvalue weighted by molar-refractivity contribution is 5.53. The van der Waals surface area contributed by atoms with Gasteiger partial charge in [0.25, 0.3) is 0 Å². The van der Waals surface area contributed by atoms with Crippen LogP contribution in [0.15, 0.2) is 18.2 Å². The predicted octanol–water partition coefficient (Wildman–Crippen LogP) is 2.16. The highest BCUT2D eigenvalue weighted by Gasteiger charge is 2.18. The quantitative estimate of drug-likeness (QED) is 0.693. The number of rotatable bonds is 3. The van der Waals surface area contributed by atoms with Crippen LogP contribution in [0, 0.1) is 23.0 Å². The third-order valence-electron chi connectivity index (χ3n) is 1.84. The van der Waals surface area contributed by atoms with Gasteiger partial charge < -0.3 is 4.79 Å². The van der Waals surface area contributed by atoms with Gasteiger partial charge in [-0.25, -0.2) is 8.78 Å². The molecule has 1 aromatic carbocycles. The van der Waals surface area contributed by atoms with Crippen molar-refractivity contribution < 1.29 is 13.6 Å². The number of hydrogen-bond acceptors (Lipinski definition) is 2. The molecule has 1 atom stereocenters. The van der Waals surface area contributed by atoms with Gasteiger partial charge in [0.1, 0.15) is 17.9 Å². The molecule has 1 unspecified atom stereocenters. The number of aldehydes is 1. The summed E-state index contributed by atoms with van der Waals surface area (Å²) in [6.45, 7) is 0. The van der Waals surface area contributed by atoms with Gasteiger partial charge >= 0.3 is 0 Å².